The fourth-order valence-electron chi connectivity index (χ4n) is 3.36. The van der Waals surface area contributed by atoms with E-state index in [0.29, 0.717) is 10.5 Å². The highest BCUT2D eigenvalue weighted by atomic mass is 32.2. The second-order valence-electron chi connectivity index (χ2n) is 7.00. The molecule has 1 amide bonds. The van der Waals surface area contributed by atoms with E-state index in [-0.39, 0.29) is 23.1 Å². The van der Waals surface area contributed by atoms with Crippen molar-refractivity contribution >= 4 is 45.2 Å². The summed E-state index contributed by atoms with van der Waals surface area (Å²) in [7, 11) is 1.31. The number of nitrogens with zero attached hydrogens (tertiary/aromatic N) is 1. The maximum atomic E-state index is 12.5. The zero-order chi connectivity index (χ0) is 20.3. The lowest BCUT2D eigenvalue weighted by Gasteiger charge is -2.21. The predicted octanol–water partition coefficient (Wildman–Crippen LogP) is 2.66. The predicted molar refractivity (Wildman–Crippen MR) is 111 cm³/mol. The number of aromatic nitrogens is 2. The molecule has 0 aromatic carbocycles. The first-order valence-corrected chi connectivity index (χ1v) is 11.3. The van der Waals surface area contributed by atoms with Crippen LogP contribution in [0.5, 0.6) is 0 Å². The van der Waals surface area contributed by atoms with Crippen molar-refractivity contribution in [3.8, 4) is 0 Å². The van der Waals surface area contributed by atoms with Crippen LogP contribution in [0.15, 0.2) is 9.95 Å². The molecule has 0 bridgehead atoms. The SMILES string of the molecule is CC[C@@H](C)[C@@H](NC(=O)CSc1nc2sc3c(c2c(=O)[nH]1)CCCC3)C(=O)OC. The molecule has 28 heavy (non-hydrogen) atoms. The van der Waals surface area contributed by atoms with E-state index in [4.69, 9.17) is 4.74 Å². The standard InChI is InChI=1S/C19H25N3O4S2/c1-4-10(2)15(18(25)26-3)20-13(23)9-27-19-21-16(24)14-11-7-5-6-8-12(11)28-17(14)22-19/h10,15H,4-9H2,1-3H3,(H,20,23)(H,21,22,24)/t10-,15-/m1/s1. The van der Waals surface area contributed by atoms with Crippen LogP contribution in [0.3, 0.4) is 0 Å². The Hall–Kier alpha value is -1.87. The number of esters is 1. The smallest absolute Gasteiger partial charge is 0.328 e. The van der Waals surface area contributed by atoms with Crippen LogP contribution in [0.25, 0.3) is 10.2 Å². The van der Waals surface area contributed by atoms with Gasteiger partial charge in [-0.05, 0) is 37.2 Å². The molecule has 2 heterocycles. The number of fused-ring (bicyclic) bond motifs is 3. The van der Waals surface area contributed by atoms with Gasteiger partial charge >= 0.3 is 5.97 Å². The van der Waals surface area contributed by atoms with Gasteiger partial charge in [-0.3, -0.25) is 9.59 Å². The molecule has 1 aliphatic carbocycles. The maximum absolute atomic E-state index is 12.5. The second-order valence-corrected chi connectivity index (χ2v) is 9.05. The van der Waals surface area contributed by atoms with Crippen molar-refractivity contribution in [1.29, 1.82) is 0 Å². The lowest BCUT2D eigenvalue weighted by Crippen LogP contribution is -2.46. The summed E-state index contributed by atoms with van der Waals surface area (Å²) < 4.78 is 4.78. The number of nitrogens with one attached hydrogen (secondary N) is 2. The number of aryl methyl sites for hydroxylation is 2. The number of methoxy groups -OCH3 is 1. The molecule has 2 N–H and O–H groups in total. The average Bonchev–Trinajstić information content (AvgIpc) is 3.08. The van der Waals surface area contributed by atoms with E-state index in [1.807, 2.05) is 13.8 Å². The van der Waals surface area contributed by atoms with Gasteiger partial charge in [-0.15, -0.1) is 11.3 Å². The molecule has 2 atom stereocenters. The van der Waals surface area contributed by atoms with Crippen molar-refractivity contribution in [2.75, 3.05) is 12.9 Å². The Labute approximate surface area is 171 Å². The molecular formula is C19H25N3O4S2. The largest absolute Gasteiger partial charge is 0.467 e. The van der Waals surface area contributed by atoms with Crippen LogP contribution in [0.2, 0.25) is 0 Å². The first kappa shape index (κ1) is 20.9. The van der Waals surface area contributed by atoms with Crippen molar-refractivity contribution in [3.63, 3.8) is 0 Å². The highest BCUT2D eigenvalue weighted by molar-refractivity contribution is 7.99. The van der Waals surface area contributed by atoms with Crippen LogP contribution in [0.1, 0.15) is 43.6 Å². The Balaban J connectivity index is 1.70. The van der Waals surface area contributed by atoms with Crippen LogP contribution >= 0.6 is 23.1 Å². The molecule has 2 aromatic heterocycles. The lowest BCUT2D eigenvalue weighted by molar-refractivity contribution is -0.146. The summed E-state index contributed by atoms with van der Waals surface area (Å²) in [6, 6.07) is -0.679. The zero-order valence-corrected chi connectivity index (χ0v) is 17.9. The van der Waals surface area contributed by atoms with Crippen molar-refractivity contribution in [2.24, 2.45) is 5.92 Å². The first-order valence-electron chi connectivity index (χ1n) is 9.49. The number of H-pyrrole nitrogens is 1. The van der Waals surface area contributed by atoms with E-state index >= 15 is 0 Å². The summed E-state index contributed by atoms with van der Waals surface area (Å²) in [6.07, 6.45) is 4.93. The number of thioether (sulfide) groups is 1. The van der Waals surface area contributed by atoms with Gasteiger partial charge in [-0.2, -0.15) is 0 Å². The molecule has 1 aliphatic rings. The number of carbonyl (C=O) groups is 2. The van der Waals surface area contributed by atoms with Gasteiger partial charge in [0, 0.05) is 4.88 Å². The highest BCUT2D eigenvalue weighted by Gasteiger charge is 2.27. The number of hydrogen-bond donors (Lipinski definition) is 2. The molecule has 3 rings (SSSR count). The number of hydrogen-bond acceptors (Lipinski definition) is 7. The summed E-state index contributed by atoms with van der Waals surface area (Å²) in [4.78, 5) is 46.1. The molecular weight excluding hydrogens is 398 g/mol. The molecule has 2 aromatic rings. The van der Waals surface area contributed by atoms with Crippen LogP contribution < -0.4 is 10.9 Å². The van der Waals surface area contributed by atoms with Gasteiger partial charge in [0.1, 0.15) is 10.9 Å². The van der Waals surface area contributed by atoms with Crippen molar-refractivity contribution in [2.45, 2.75) is 57.1 Å². The Bertz CT molecular complexity index is 937. The summed E-state index contributed by atoms with van der Waals surface area (Å²) in [5.41, 5.74) is 1.00. The van der Waals surface area contributed by atoms with Crippen molar-refractivity contribution in [3.05, 3.63) is 20.8 Å². The van der Waals surface area contributed by atoms with Gasteiger partial charge in [-0.1, -0.05) is 32.0 Å². The normalized spacial score (nSPS) is 15.7. The third kappa shape index (κ3) is 4.41. The molecule has 7 nitrogen and oxygen atoms in total. The number of thiophene rings is 1. The Kier molecular flexibility index (Phi) is 6.77. The molecule has 152 valence electrons. The monoisotopic (exact) mass is 423 g/mol. The quantitative estimate of drug-likeness (QED) is 0.403. The molecule has 0 saturated carbocycles. The first-order chi connectivity index (χ1) is 13.4. The third-order valence-electron chi connectivity index (χ3n) is 5.13. The fourth-order valence-corrected chi connectivity index (χ4v) is 5.35. The summed E-state index contributed by atoms with van der Waals surface area (Å²) >= 11 is 2.74. The van der Waals surface area contributed by atoms with Crippen molar-refractivity contribution < 1.29 is 14.3 Å². The third-order valence-corrected chi connectivity index (χ3v) is 7.19. The fraction of sp³-hybridized carbons (Fsp3) is 0.579. The Morgan fingerprint density at radius 3 is 2.82 bits per heavy atom. The second kappa shape index (κ2) is 9.09. The summed E-state index contributed by atoms with van der Waals surface area (Å²) in [5, 5.41) is 3.85. The van der Waals surface area contributed by atoms with E-state index in [1.54, 1.807) is 11.3 Å². The molecule has 9 heteroatoms. The average molecular weight is 424 g/mol. The molecule has 0 fully saturated rings. The van der Waals surface area contributed by atoms with Gasteiger partial charge in [0.2, 0.25) is 5.91 Å². The number of aromatic amines is 1. The van der Waals surface area contributed by atoms with Crippen LogP contribution in [-0.2, 0) is 27.2 Å². The van der Waals surface area contributed by atoms with E-state index in [2.05, 4.69) is 15.3 Å². The molecule has 0 aliphatic heterocycles. The van der Waals surface area contributed by atoms with Gasteiger partial charge in [0.25, 0.3) is 5.56 Å². The number of amides is 1. The number of rotatable bonds is 7. The lowest BCUT2D eigenvalue weighted by atomic mass is 9.97. The van der Waals surface area contributed by atoms with Gasteiger partial charge in [0.15, 0.2) is 5.16 Å². The van der Waals surface area contributed by atoms with E-state index in [9.17, 15) is 14.4 Å². The van der Waals surface area contributed by atoms with Gasteiger partial charge in [-0.25, -0.2) is 9.78 Å². The minimum absolute atomic E-state index is 0.0341. The topological polar surface area (TPSA) is 101 Å². The van der Waals surface area contributed by atoms with E-state index in [1.165, 1.54) is 12.0 Å². The maximum Gasteiger partial charge on any atom is 0.328 e. The van der Waals surface area contributed by atoms with Crippen LogP contribution in [-0.4, -0.2) is 40.7 Å². The Morgan fingerprint density at radius 1 is 1.36 bits per heavy atom. The zero-order valence-electron chi connectivity index (χ0n) is 16.3. The number of carbonyl (C=O) groups excluding carboxylic acids is 2. The highest BCUT2D eigenvalue weighted by Crippen LogP contribution is 2.34. The van der Waals surface area contributed by atoms with Crippen LogP contribution in [0.4, 0.5) is 0 Å². The number of ether oxygens (including phenoxy) is 1. The molecule has 0 spiro atoms. The molecule has 0 saturated heterocycles. The summed E-state index contributed by atoms with van der Waals surface area (Å²) in [6.45, 7) is 3.84. The van der Waals surface area contributed by atoms with E-state index in [0.717, 1.165) is 54.3 Å². The summed E-state index contributed by atoms with van der Waals surface area (Å²) in [5.74, 6) is -0.726. The van der Waals surface area contributed by atoms with Gasteiger partial charge in [0.05, 0.1) is 18.2 Å². The van der Waals surface area contributed by atoms with Crippen molar-refractivity contribution in [1.82, 2.24) is 15.3 Å². The minimum atomic E-state index is -0.679. The Morgan fingerprint density at radius 2 is 2.11 bits per heavy atom. The molecule has 0 unspecified atom stereocenters. The van der Waals surface area contributed by atoms with Gasteiger partial charge < -0.3 is 15.0 Å². The van der Waals surface area contributed by atoms with Crippen LogP contribution in [0, 0.1) is 5.92 Å². The van der Waals surface area contributed by atoms with E-state index < -0.39 is 12.0 Å². The molecule has 0 radical (unpaired) electrons. The minimum Gasteiger partial charge on any atom is -0.467 e.